The molecular weight excluding hydrogens is 544 g/mol. The normalized spacial score (nSPS) is 24.5. The molecular formula is C28H36O9S2. The molecule has 0 aliphatic carbocycles. The first-order valence-corrected chi connectivity index (χ1v) is 15.4. The Labute approximate surface area is 235 Å². The van der Waals surface area contributed by atoms with Gasteiger partial charge in [0.05, 0.1) is 0 Å². The number of hydrogen-bond acceptors (Lipinski definition) is 9. The van der Waals surface area contributed by atoms with Gasteiger partial charge in [0, 0.05) is 34.0 Å². The summed E-state index contributed by atoms with van der Waals surface area (Å²) in [5.41, 5.74) is 2.26. The molecule has 2 aromatic carbocycles. The standard InChI is InChI=1S/C28H36O9S2/c29-22(36-28-25(32)23(30)24(31)26(37-28)27(33)34)14-8-7-13-21(39(35)18-20-11-5-2-6-12-20)15-16-38-17-19-9-3-1-4-10-19/h1-6,9-12,21,23-26,28,30-32H,7-8,13-18H2,(H,33,34). The lowest BCUT2D eigenvalue weighted by Crippen LogP contribution is -2.60. The van der Waals surface area contributed by atoms with Crippen molar-refractivity contribution in [3.05, 3.63) is 71.8 Å². The third-order valence-corrected chi connectivity index (χ3v) is 9.33. The Hall–Kier alpha value is -2.28. The molecule has 0 amide bonds. The van der Waals surface area contributed by atoms with E-state index in [1.165, 1.54) is 5.56 Å². The van der Waals surface area contributed by atoms with Crippen LogP contribution in [0.2, 0.25) is 0 Å². The minimum absolute atomic E-state index is 0.0240. The molecule has 3 rings (SSSR count). The van der Waals surface area contributed by atoms with Crippen molar-refractivity contribution in [2.75, 3.05) is 5.75 Å². The number of carbonyl (C=O) groups is 2. The van der Waals surface area contributed by atoms with Gasteiger partial charge in [-0.15, -0.1) is 0 Å². The predicted molar refractivity (Wildman–Crippen MR) is 148 cm³/mol. The number of carbonyl (C=O) groups excluding carboxylic acids is 1. The molecule has 1 aliphatic heterocycles. The molecule has 0 aromatic heterocycles. The lowest BCUT2D eigenvalue weighted by Gasteiger charge is -2.37. The van der Waals surface area contributed by atoms with Crippen LogP contribution in [0.4, 0.5) is 0 Å². The van der Waals surface area contributed by atoms with Gasteiger partial charge in [-0.2, -0.15) is 11.8 Å². The largest absolute Gasteiger partial charge is 0.479 e. The number of aliphatic hydroxyl groups is 3. The number of carboxylic acid groups (broad SMARTS) is 1. The van der Waals surface area contributed by atoms with Gasteiger partial charge in [-0.3, -0.25) is 9.00 Å². The molecule has 1 heterocycles. The van der Waals surface area contributed by atoms with E-state index in [-0.39, 0.29) is 11.7 Å². The maximum absolute atomic E-state index is 13.2. The van der Waals surface area contributed by atoms with Gasteiger partial charge >= 0.3 is 11.9 Å². The monoisotopic (exact) mass is 580 g/mol. The zero-order valence-corrected chi connectivity index (χ0v) is 23.2. The van der Waals surface area contributed by atoms with Crippen LogP contribution in [-0.4, -0.2) is 78.3 Å². The Balaban J connectivity index is 1.46. The van der Waals surface area contributed by atoms with Crippen LogP contribution >= 0.6 is 11.8 Å². The molecule has 214 valence electrons. The molecule has 2 aromatic rings. The van der Waals surface area contributed by atoms with Crippen molar-refractivity contribution in [3.63, 3.8) is 0 Å². The van der Waals surface area contributed by atoms with Gasteiger partial charge < -0.3 is 29.9 Å². The summed E-state index contributed by atoms with van der Waals surface area (Å²) in [5, 5.41) is 38.7. The first-order valence-electron chi connectivity index (χ1n) is 12.9. The molecule has 39 heavy (non-hydrogen) atoms. The van der Waals surface area contributed by atoms with Crippen molar-refractivity contribution in [1.82, 2.24) is 0 Å². The molecule has 7 atom stereocenters. The number of aliphatic hydroxyl groups excluding tert-OH is 3. The smallest absolute Gasteiger partial charge is 0.335 e. The number of unbranched alkanes of at least 4 members (excludes halogenated alkanes) is 1. The highest BCUT2D eigenvalue weighted by atomic mass is 32.2. The van der Waals surface area contributed by atoms with Gasteiger partial charge in [-0.05, 0) is 36.1 Å². The maximum atomic E-state index is 13.2. The van der Waals surface area contributed by atoms with Crippen LogP contribution in [-0.2, 0) is 41.4 Å². The summed E-state index contributed by atoms with van der Waals surface area (Å²) >= 11 is 1.80. The number of esters is 1. The van der Waals surface area contributed by atoms with Crippen LogP contribution in [0.25, 0.3) is 0 Å². The van der Waals surface area contributed by atoms with E-state index in [9.17, 15) is 29.1 Å². The fourth-order valence-corrected chi connectivity index (χ4v) is 6.96. The lowest BCUT2D eigenvalue weighted by atomic mass is 9.99. The van der Waals surface area contributed by atoms with Gasteiger partial charge in [-0.1, -0.05) is 67.1 Å². The quantitative estimate of drug-likeness (QED) is 0.183. The molecule has 7 unspecified atom stereocenters. The number of carboxylic acids is 1. The number of hydrogen-bond donors (Lipinski definition) is 4. The van der Waals surface area contributed by atoms with Crippen molar-refractivity contribution in [3.8, 4) is 0 Å². The summed E-state index contributed by atoms with van der Waals surface area (Å²) in [5.74, 6) is -0.0722. The first-order chi connectivity index (χ1) is 18.8. The second-order valence-electron chi connectivity index (χ2n) is 9.43. The molecule has 9 nitrogen and oxygen atoms in total. The van der Waals surface area contributed by atoms with Crippen LogP contribution in [0.1, 0.15) is 43.2 Å². The Morgan fingerprint density at radius 3 is 2.18 bits per heavy atom. The van der Waals surface area contributed by atoms with Crippen molar-refractivity contribution in [2.24, 2.45) is 0 Å². The van der Waals surface area contributed by atoms with Crippen molar-refractivity contribution in [1.29, 1.82) is 0 Å². The van der Waals surface area contributed by atoms with Crippen LogP contribution in [0.15, 0.2) is 60.7 Å². The Kier molecular flexibility index (Phi) is 12.9. The number of ether oxygens (including phenoxy) is 2. The summed E-state index contributed by atoms with van der Waals surface area (Å²) in [7, 11) is -1.09. The predicted octanol–water partition coefficient (Wildman–Crippen LogP) is 2.62. The van der Waals surface area contributed by atoms with E-state index in [4.69, 9.17) is 14.6 Å². The fourth-order valence-electron chi connectivity index (χ4n) is 4.22. The summed E-state index contributed by atoms with van der Waals surface area (Å²) in [4.78, 5) is 23.5. The minimum atomic E-state index is -1.85. The first kappa shape index (κ1) is 31.3. The van der Waals surface area contributed by atoms with E-state index in [1.54, 1.807) is 11.8 Å². The SMILES string of the molecule is O=C(CCCCC(CCSCc1ccccc1)S(=O)Cc1ccccc1)OC1OC(C(=O)O)C(O)C(O)C1O. The second-order valence-corrected chi connectivity index (χ2v) is 12.3. The van der Waals surface area contributed by atoms with Gasteiger partial charge in [0.25, 0.3) is 0 Å². The van der Waals surface area contributed by atoms with E-state index in [2.05, 4.69) is 12.1 Å². The van der Waals surface area contributed by atoms with Crippen molar-refractivity contribution >= 4 is 34.5 Å². The molecule has 1 fully saturated rings. The highest BCUT2D eigenvalue weighted by Crippen LogP contribution is 2.24. The van der Waals surface area contributed by atoms with Gasteiger partial charge in [-0.25, -0.2) is 4.79 Å². The summed E-state index contributed by atoms with van der Waals surface area (Å²) in [6, 6.07) is 19.9. The third kappa shape index (κ3) is 10.0. The Morgan fingerprint density at radius 2 is 1.54 bits per heavy atom. The highest BCUT2D eigenvalue weighted by Gasteiger charge is 2.48. The van der Waals surface area contributed by atoms with Crippen LogP contribution in [0.3, 0.4) is 0 Å². The molecule has 4 N–H and O–H groups in total. The number of aliphatic carboxylic acids is 1. The second kappa shape index (κ2) is 16.1. The average Bonchev–Trinajstić information content (AvgIpc) is 2.93. The number of benzene rings is 2. The summed E-state index contributed by atoms with van der Waals surface area (Å²) in [6.07, 6.45) is -6.53. The number of rotatable bonds is 15. The van der Waals surface area contributed by atoms with Gasteiger partial charge in [0.15, 0.2) is 6.10 Å². The van der Waals surface area contributed by atoms with Crippen molar-refractivity contribution < 1.29 is 43.7 Å². The molecule has 0 radical (unpaired) electrons. The molecule has 0 bridgehead atoms. The third-order valence-electron chi connectivity index (χ3n) is 6.44. The topological polar surface area (TPSA) is 151 Å². The fraction of sp³-hybridized carbons (Fsp3) is 0.500. The highest BCUT2D eigenvalue weighted by molar-refractivity contribution is 7.98. The summed E-state index contributed by atoms with van der Waals surface area (Å²) in [6.45, 7) is 0. The minimum Gasteiger partial charge on any atom is -0.479 e. The Morgan fingerprint density at radius 1 is 0.897 bits per heavy atom. The molecule has 11 heteroatoms. The maximum Gasteiger partial charge on any atom is 0.335 e. The molecule has 1 aliphatic rings. The van der Waals surface area contributed by atoms with E-state index < -0.39 is 53.4 Å². The van der Waals surface area contributed by atoms with Crippen LogP contribution in [0.5, 0.6) is 0 Å². The number of thioether (sulfide) groups is 1. The zero-order valence-electron chi connectivity index (χ0n) is 21.5. The van der Waals surface area contributed by atoms with E-state index >= 15 is 0 Å². The van der Waals surface area contributed by atoms with Crippen molar-refractivity contribution in [2.45, 2.75) is 79.6 Å². The molecule has 0 saturated carbocycles. The van der Waals surface area contributed by atoms with E-state index in [0.717, 1.165) is 23.5 Å². The van der Waals surface area contributed by atoms with Crippen LogP contribution < -0.4 is 0 Å². The van der Waals surface area contributed by atoms with E-state index in [0.29, 0.717) is 25.0 Å². The zero-order chi connectivity index (χ0) is 28.2. The Bertz CT molecular complexity index is 1050. The van der Waals surface area contributed by atoms with Crippen LogP contribution in [0, 0.1) is 0 Å². The molecule has 0 spiro atoms. The van der Waals surface area contributed by atoms with Gasteiger partial charge in [0.1, 0.15) is 18.3 Å². The molecule has 1 saturated heterocycles. The average molecular weight is 581 g/mol. The summed E-state index contributed by atoms with van der Waals surface area (Å²) < 4.78 is 23.3. The van der Waals surface area contributed by atoms with E-state index in [1.807, 2.05) is 48.5 Å². The lowest BCUT2D eigenvalue weighted by molar-refractivity contribution is -0.286. The van der Waals surface area contributed by atoms with Gasteiger partial charge in [0.2, 0.25) is 6.29 Å².